The van der Waals surface area contributed by atoms with Crippen molar-refractivity contribution in [1.82, 2.24) is 5.32 Å². The Hall–Kier alpha value is -1.67. The molecular weight excluding hydrogens is 273 g/mol. The van der Waals surface area contributed by atoms with Gasteiger partial charge in [0.25, 0.3) is 0 Å². The number of benzene rings is 2. The maximum Gasteiger partial charge on any atom is 0.123 e. The summed E-state index contributed by atoms with van der Waals surface area (Å²) >= 11 is 0. The Labute approximate surface area is 132 Å². The predicted molar refractivity (Wildman–Crippen MR) is 89.7 cm³/mol. The SMILES string of the molecule is CCC1Cc2ccc(C(C)C)cc2C(c2cccc(F)c2)N1. The van der Waals surface area contributed by atoms with Crippen molar-refractivity contribution < 1.29 is 4.39 Å². The molecule has 2 atom stereocenters. The lowest BCUT2D eigenvalue weighted by Gasteiger charge is -2.34. The summed E-state index contributed by atoms with van der Waals surface area (Å²) in [6.45, 7) is 6.63. The molecule has 0 radical (unpaired) electrons. The zero-order chi connectivity index (χ0) is 15.7. The number of rotatable bonds is 3. The van der Waals surface area contributed by atoms with E-state index in [4.69, 9.17) is 0 Å². The molecule has 0 fully saturated rings. The van der Waals surface area contributed by atoms with E-state index in [1.54, 1.807) is 12.1 Å². The van der Waals surface area contributed by atoms with Gasteiger partial charge in [0.2, 0.25) is 0 Å². The van der Waals surface area contributed by atoms with Crippen LogP contribution in [0, 0.1) is 5.82 Å². The summed E-state index contributed by atoms with van der Waals surface area (Å²) < 4.78 is 13.7. The van der Waals surface area contributed by atoms with Crippen LogP contribution in [-0.2, 0) is 6.42 Å². The third kappa shape index (κ3) is 2.93. The number of hydrogen-bond donors (Lipinski definition) is 1. The first-order valence-electron chi connectivity index (χ1n) is 8.22. The first-order chi connectivity index (χ1) is 10.6. The molecule has 3 rings (SSSR count). The Kier molecular flexibility index (Phi) is 4.30. The molecule has 0 saturated heterocycles. The fourth-order valence-electron chi connectivity index (χ4n) is 3.30. The van der Waals surface area contributed by atoms with Crippen molar-refractivity contribution in [2.24, 2.45) is 0 Å². The maximum absolute atomic E-state index is 13.7. The summed E-state index contributed by atoms with van der Waals surface area (Å²) in [6.07, 6.45) is 2.13. The van der Waals surface area contributed by atoms with Crippen LogP contribution >= 0.6 is 0 Å². The van der Waals surface area contributed by atoms with E-state index in [0.29, 0.717) is 12.0 Å². The van der Waals surface area contributed by atoms with Crippen LogP contribution in [0.25, 0.3) is 0 Å². The molecule has 2 aromatic rings. The molecule has 1 heterocycles. The van der Waals surface area contributed by atoms with E-state index in [1.807, 2.05) is 6.07 Å². The predicted octanol–water partition coefficient (Wildman–Crippen LogP) is 4.96. The van der Waals surface area contributed by atoms with Crippen molar-refractivity contribution in [2.45, 2.75) is 51.6 Å². The van der Waals surface area contributed by atoms with Crippen LogP contribution in [0.3, 0.4) is 0 Å². The number of fused-ring (bicyclic) bond motifs is 1. The largest absolute Gasteiger partial charge is 0.303 e. The minimum Gasteiger partial charge on any atom is -0.303 e. The lowest BCUT2D eigenvalue weighted by Crippen LogP contribution is -2.39. The Balaban J connectivity index is 2.08. The molecule has 1 aliphatic heterocycles. The van der Waals surface area contributed by atoms with Gasteiger partial charge in [0.05, 0.1) is 6.04 Å². The zero-order valence-electron chi connectivity index (χ0n) is 13.6. The molecule has 116 valence electrons. The Bertz CT molecular complexity index is 663. The van der Waals surface area contributed by atoms with Crippen molar-refractivity contribution >= 4 is 0 Å². The van der Waals surface area contributed by atoms with E-state index in [1.165, 1.54) is 22.8 Å². The molecule has 0 amide bonds. The van der Waals surface area contributed by atoms with Crippen LogP contribution in [0.4, 0.5) is 4.39 Å². The number of halogens is 1. The summed E-state index contributed by atoms with van der Waals surface area (Å²) in [5, 5.41) is 3.70. The summed E-state index contributed by atoms with van der Waals surface area (Å²) in [7, 11) is 0. The Morgan fingerprint density at radius 3 is 2.68 bits per heavy atom. The fourth-order valence-corrected chi connectivity index (χ4v) is 3.30. The van der Waals surface area contributed by atoms with Crippen molar-refractivity contribution in [3.63, 3.8) is 0 Å². The lowest BCUT2D eigenvalue weighted by atomic mass is 9.84. The molecule has 0 saturated carbocycles. The third-order valence-electron chi connectivity index (χ3n) is 4.69. The molecule has 1 N–H and O–H groups in total. The first kappa shape index (κ1) is 15.2. The second-order valence-corrected chi connectivity index (χ2v) is 6.58. The van der Waals surface area contributed by atoms with Crippen LogP contribution < -0.4 is 5.32 Å². The van der Waals surface area contributed by atoms with E-state index in [-0.39, 0.29) is 11.9 Å². The summed E-state index contributed by atoms with van der Waals surface area (Å²) in [6, 6.07) is 14.3. The number of nitrogens with one attached hydrogen (secondary N) is 1. The second kappa shape index (κ2) is 6.21. The fraction of sp³-hybridized carbons (Fsp3) is 0.400. The zero-order valence-corrected chi connectivity index (χ0v) is 13.6. The van der Waals surface area contributed by atoms with E-state index >= 15 is 0 Å². The van der Waals surface area contributed by atoms with Crippen molar-refractivity contribution in [3.8, 4) is 0 Å². The molecule has 1 aliphatic rings. The highest BCUT2D eigenvalue weighted by molar-refractivity contribution is 5.43. The first-order valence-corrected chi connectivity index (χ1v) is 8.22. The molecule has 0 spiro atoms. The molecule has 2 aromatic carbocycles. The second-order valence-electron chi connectivity index (χ2n) is 6.58. The van der Waals surface area contributed by atoms with Crippen LogP contribution in [0.15, 0.2) is 42.5 Å². The quantitative estimate of drug-likeness (QED) is 0.844. The van der Waals surface area contributed by atoms with Crippen LogP contribution in [0.2, 0.25) is 0 Å². The van der Waals surface area contributed by atoms with E-state index in [0.717, 1.165) is 18.4 Å². The van der Waals surface area contributed by atoms with Gasteiger partial charge in [-0.15, -0.1) is 0 Å². The van der Waals surface area contributed by atoms with Gasteiger partial charge in [-0.05, 0) is 53.1 Å². The van der Waals surface area contributed by atoms with Crippen molar-refractivity contribution in [3.05, 3.63) is 70.5 Å². The minimum atomic E-state index is -0.167. The van der Waals surface area contributed by atoms with Crippen LogP contribution in [0.5, 0.6) is 0 Å². The van der Waals surface area contributed by atoms with E-state index in [2.05, 4.69) is 44.3 Å². The highest BCUT2D eigenvalue weighted by atomic mass is 19.1. The van der Waals surface area contributed by atoms with Crippen LogP contribution in [0.1, 0.15) is 61.4 Å². The third-order valence-corrected chi connectivity index (χ3v) is 4.69. The van der Waals surface area contributed by atoms with Crippen molar-refractivity contribution in [1.29, 1.82) is 0 Å². The molecule has 22 heavy (non-hydrogen) atoms. The minimum absolute atomic E-state index is 0.0862. The molecular formula is C20H24FN. The van der Waals surface area contributed by atoms with Gasteiger partial charge in [0.1, 0.15) is 5.82 Å². The molecule has 0 bridgehead atoms. The smallest absolute Gasteiger partial charge is 0.123 e. The van der Waals surface area contributed by atoms with Gasteiger partial charge in [-0.2, -0.15) is 0 Å². The average Bonchev–Trinajstić information content (AvgIpc) is 2.53. The molecule has 0 aromatic heterocycles. The Morgan fingerprint density at radius 1 is 1.18 bits per heavy atom. The Morgan fingerprint density at radius 2 is 2.00 bits per heavy atom. The van der Waals surface area contributed by atoms with E-state index in [9.17, 15) is 4.39 Å². The van der Waals surface area contributed by atoms with Gasteiger partial charge >= 0.3 is 0 Å². The monoisotopic (exact) mass is 297 g/mol. The summed E-state index contributed by atoms with van der Waals surface area (Å²) in [4.78, 5) is 0. The molecule has 0 aliphatic carbocycles. The van der Waals surface area contributed by atoms with Gasteiger partial charge in [0, 0.05) is 6.04 Å². The van der Waals surface area contributed by atoms with Gasteiger partial charge < -0.3 is 5.32 Å². The van der Waals surface area contributed by atoms with Gasteiger partial charge in [-0.25, -0.2) is 4.39 Å². The molecule has 1 nitrogen and oxygen atoms in total. The molecule has 2 heteroatoms. The molecule has 2 unspecified atom stereocenters. The highest BCUT2D eigenvalue weighted by Gasteiger charge is 2.27. The summed E-state index contributed by atoms with van der Waals surface area (Å²) in [5.41, 5.74) is 5.06. The normalized spacial score (nSPS) is 21.0. The lowest BCUT2D eigenvalue weighted by molar-refractivity contribution is 0.426. The van der Waals surface area contributed by atoms with Gasteiger partial charge in [0.15, 0.2) is 0 Å². The standard InChI is InChI=1S/C20H24FN/c1-4-18-11-15-9-8-14(13(2)3)12-19(15)20(22-18)16-6-5-7-17(21)10-16/h5-10,12-13,18,20,22H,4,11H2,1-3H3. The van der Waals surface area contributed by atoms with Gasteiger partial charge in [-0.3, -0.25) is 0 Å². The van der Waals surface area contributed by atoms with Crippen molar-refractivity contribution in [2.75, 3.05) is 0 Å². The number of hydrogen-bond acceptors (Lipinski definition) is 1. The van der Waals surface area contributed by atoms with E-state index < -0.39 is 0 Å². The summed E-state index contributed by atoms with van der Waals surface area (Å²) in [5.74, 6) is 0.335. The highest BCUT2D eigenvalue weighted by Crippen LogP contribution is 2.33. The topological polar surface area (TPSA) is 12.0 Å². The van der Waals surface area contributed by atoms with Crippen LogP contribution in [-0.4, -0.2) is 6.04 Å². The van der Waals surface area contributed by atoms with Gasteiger partial charge in [-0.1, -0.05) is 51.1 Å². The average molecular weight is 297 g/mol. The maximum atomic E-state index is 13.7.